The van der Waals surface area contributed by atoms with Crippen LogP contribution < -0.4 is 14.9 Å². The van der Waals surface area contributed by atoms with E-state index in [1.807, 2.05) is 46.6 Å². The number of aryl methyl sites for hydroxylation is 1. The number of carbonyl (C=O) groups excluding carboxylic acids is 1. The van der Waals surface area contributed by atoms with Crippen molar-refractivity contribution in [1.82, 2.24) is 4.68 Å². The van der Waals surface area contributed by atoms with Crippen molar-refractivity contribution >= 4 is 46.2 Å². The van der Waals surface area contributed by atoms with Crippen LogP contribution >= 0.6 is 22.7 Å². The van der Waals surface area contributed by atoms with Gasteiger partial charge in [-0.15, -0.1) is 22.7 Å². The zero-order chi connectivity index (χ0) is 23.7. The van der Waals surface area contributed by atoms with Crippen molar-refractivity contribution in [1.29, 1.82) is 0 Å². The molecule has 0 spiro atoms. The number of fused-ring (bicyclic) bond motifs is 1. The lowest BCUT2D eigenvalue weighted by Crippen LogP contribution is -2.25. The van der Waals surface area contributed by atoms with Gasteiger partial charge in [0.25, 0.3) is 5.91 Å². The van der Waals surface area contributed by atoms with E-state index < -0.39 is 0 Å². The smallest absolute Gasteiger partial charge is 0.262 e. The molecule has 4 aromatic rings. The number of rotatable bonds is 5. The Morgan fingerprint density at radius 3 is 2.68 bits per heavy atom. The number of hydrogen-bond donors (Lipinski definition) is 1. The predicted octanol–water partition coefficient (Wildman–Crippen LogP) is 6.16. The fourth-order valence-electron chi connectivity index (χ4n) is 3.60. The van der Waals surface area contributed by atoms with Crippen LogP contribution in [0, 0.1) is 6.92 Å². The molecule has 2 aromatic carbocycles. The molecule has 5 rings (SSSR count). The van der Waals surface area contributed by atoms with Gasteiger partial charge in [0.05, 0.1) is 28.2 Å². The lowest BCUT2D eigenvalue weighted by Gasteiger charge is -2.18. The Balaban J connectivity index is 1.60. The Morgan fingerprint density at radius 1 is 1.12 bits per heavy atom. The van der Waals surface area contributed by atoms with Gasteiger partial charge in [0.1, 0.15) is 5.75 Å². The van der Waals surface area contributed by atoms with Crippen LogP contribution in [0.25, 0.3) is 11.3 Å². The standard InChI is InChI=1S/C26H24N4O2S2/c1-16(2)18-4-7-20(8-5-18)28-26-30(27-13-24-17(3)10-11-33-24)22(15-34-26)19-6-9-23-21(12-19)29-25(31)14-32-23/h4-13,15-16H,14H2,1-3H3,(H,29,31). The molecule has 34 heavy (non-hydrogen) atoms. The number of nitrogens with zero attached hydrogens (tertiary/aromatic N) is 3. The first kappa shape index (κ1) is 22.3. The molecule has 0 saturated carbocycles. The molecule has 1 N–H and O–H groups in total. The van der Waals surface area contributed by atoms with Gasteiger partial charge in [0.2, 0.25) is 4.80 Å². The first-order valence-corrected chi connectivity index (χ1v) is 12.7. The second-order valence-corrected chi connectivity index (χ2v) is 10.1. The second-order valence-electron chi connectivity index (χ2n) is 8.33. The minimum absolute atomic E-state index is 0.0356. The largest absolute Gasteiger partial charge is 0.482 e. The Morgan fingerprint density at radius 2 is 1.94 bits per heavy atom. The zero-order valence-corrected chi connectivity index (χ0v) is 20.7. The maximum absolute atomic E-state index is 11.8. The van der Waals surface area contributed by atoms with Crippen LogP contribution in [-0.2, 0) is 4.79 Å². The Bertz CT molecular complexity index is 1440. The fourth-order valence-corrected chi connectivity index (χ4v) is 5.24. The Kier molecular flexibility index (Phi) is 6.17. The summed E-state index contributed by atoms with van der Waals surface area (Å²) in [6.45, 7) is 6.47. The summed E-state index contributed by atoms with van der Waals surface area (Å²) in [6, 6.07) is 16.2. The highest BCUT2D eigenvalue weighted by Crippen LogP contribution is 2.33. The first-order valence-electron chi connectivity index (χ1n) is 11.0. The van der Waals surface area contributed by atoms with Gasteiger partial charge in [-0.1, -0.05) is 26.0 Å². The van der Waals surface area contributed by atoms with Crippen LogP contribution in [0.2, 0.25) is 0 Å². The summed E-state index contributed by atoms with van der Waals surface area (Å²) in [4.78, 5) is 18.5. The molecule has 6 nitrogen and oxygen atoms in total. The summed E-state index contributed by atoms with van der Waals surface area (Å²) >= 11 is 3.18. The molecule has 0 unspecified atom stereocenters. The molecule has 0 atom stereocenters. The fraction of sp³-hybridized carbons (Fsp3) is 0.192. The molecule has 1 amide bonds. The molecule has 0 saturated heterocycles. The van der Waals surface area contributed by atoms with Gasteiger partial charge in [0, 0.05) is 10.9 Å². The van der Waals surface area contributed by atoms with E-state index in [4.69, 9.17) is 14.8 Å². The Hall–Kier alpha value is -3.49. The third-order valence-electron chi connectivity index (χ3n) is 5.57. The highest BCUT2D eigenvalue weighted by molar-refractivity contribution is 7.11. The van der Waals surface area contributed by atoms with Gasteiger partial charge >= 0.3 is 0 Å². The summed E-state index contributed by atoms with van der Waals surface area (Å²) < 4.78 is 7.37. The molecule has 8 heteroatoms. The predicted molar refractivity (Wildman–Crippen MR) is 140 cm³/mol. The number of ether oxygens (including phenoxy) is 1. The van der Waals surface area contributed by atoms with Gasteiger partial charge in [-0.25, -0.2) is 9.67 Å². The van der Waals surface area contributed by atoms with Crippen LogP contribution in [-0.4, -0.2) is 23.4 Å². The van der Waals surface area contributed by atoms with Crippen molar-refractivity contribution in [3.8, 4) is 17.0 Å². The van der Waals surface area contributed by atoms with Gasteiger partial charge in [-0.2, -0.15) is 5.10 Å². The molecule has 0 radical (unpaired) electrons. The van der Waals surface area contributed by atoms with Crippen LogP contribution in [0.5, 0.6) is 5.75 Å². The molecule has 0 fully saturated rings. The molecule has 0 bridgehead atoms. The van der Waals surface area contributed by atoms with Crippen molar-refractivity contribution in [2.45, 2.75) is 26.7 Å². The van der Waals surface area contributed by atoms with E-state index in [1.54, 1.807) is 11.3 Å². The summed E-state index contributed by atoms with van der Waals surface area (Å²) in [5.41, 5.74) is 5.80. The van der Waals surface area contributed by atoms with Gasteiger partial charge in [-0.05, 0) is 65.7 Å². The van der Waals surface area contributed by atoms with Crippen molar-refractivity contribution in [2.75, 3.05) is 11.9 Å². The van der Waals surface area contributed by atoms with Crippen LogP contribution in [0.15, 0.2) is 69.4 Å². The molecule has 1 aliphatic rings. The van der Waals surface area contributed by atoms with Gasteiger partial charge in [0.15, 0.2) is 6.61 Å². The number of benzene rings is 2. The minimum Gasteiger partial charge on any atom is -0.482 e. The number of thiazole rings is 1. The summed E-state index contributed by atoms with van der Waals surface area (Å²) in [7, 11) is 0. The van der Waals surface area contributed by atoms with E-state index in [2.05, 4.69) is 49.7 Å². The molecular weight excluding hydrogens is 464 g/mol. The first-order chi connectivity index (χ1) is 16.5. The minimum atomic E-state index is -0.158. The quantitative estimate of drug-likeness (QED) is 0.342. The summed E-state index contributed by atoms with van der Waals surface area (Å²) in [5.74, 6) is 0.979. The number of aromatic nitrogens is 1. The molecule has 0 aliphatic carbocycles. The van der Waals surface area contributed by atoms with Crippen molar-refractivity contribution in [3.05, 3.63) is 80.1 Å². The number of thiophene rings is 1. The van der Waals surface area contributed by atoms with E-state index in [0.717, 1.165) is 26.6 Å². The van der Waals surface area contributed by atoms with E-state index in [-0.39, 0.29) is 12.5 Å². The molecule has 2 aromatic heterocycles. The topological polar surface area (TPSA) is 68.0 Å². The second kappa shape index (κ2) is 9.40. The monoisotopic (exact) mass is 488 g/mol. The third kappa shape index (κ3) is 4.60. The van der Waals surface area contributed by atoms with Gasteiger partial charge < -0.3 is 10.1 Å². The Labute approximate surface area is 205 Å². The maximum Gasteiger partial charge on any atom is 0.262 e. The normalized spacial score (nSPS) is 13.9. The van der Waals surface area contributed by atoms with E-state index in [1.165, 1.54) is 22.5 Å². The molecule has 3 heterocycles. The lowest BCUT2D eigenvalue weighted by atomic mass is 10.0. The average Bonchev–Trinajstić information content (AvgIpc) is 3.43. The number of amides is 1. The lowest BCUT2D eigenvalue weighted by molar-refractivity contribution is -0.118. The number of carbonyl (C=O) groups is 1. The van der Waals surface area contributed by atoms with Crippen molar-refractivity contribution in [3.63, 3.8) is 0 Å². The van der Waals surface area contributed by atoms with Crippen LogP contribution in [0.3, 0.4) is 0 Å². The highest BCUT2D eigenvalue weighted by Gasteiger charge is 2.18. The average molecular weight is 489 g/mol. The number of anilines is 1. The van der Waals surface area contributed by atoms with E-state index in [0.29, 0.717) is 17.4 Å². The number of nitrogens with one attached hydrogen (secondary N) is 1. The summed E-state index contributed by atoms with van der Waals surface area (Å²) in [6.07, 6.45) is 1.88. The number of hydrogen-bond acceptors (Lipinski definition) is 6. The van der Waals surface area contributed by atoms with E-state index in [9.17, 15) is 4.79 Å². The maximum atomic E-state index is 11.8. The summed E-state index contributed by atoms with van der Waals surface area (Å²) in [5, 5.41) is 11.8. The zero-order valence-electron chi connectivity index (χ0n) is 19.1. The van der Waals surface area contributed by atoms with Crippen molar-refractivity contribution in [2.24, 2.45) is 10.1 Å². The van der Waals surface area contributed by atoms with Crippen LogP contribution in [0.1, 0.15) is 35.8 Å². The highest BCUT2D eigenvalue weighted by atomic mass is 32.1. The van der Waals surface area contributed by atoms with Gasteiger partial charge in [-0.3, -0.25) is 4.79 Å². The SMILES string of the molecule is Cc1ccsc1C=Nn1c(-c2ccc3c(c2)NC(=O)CO3)csc1=Nc1ccc(C(C)C)cc1. The van der Waals surface area contributed by atoms with Crippen molar-refractivity contribution < 1.29 is 9.53 Å². The molecule has 1 aliphatic heterocycles. The molecular formula is C26H24N4O2S2. The molecule has 172 valence electrons. The van der Waals surface area contributed by atoms with E-state index >= 15 is 0 Å². The third-order valence-corrected chi connectivity index (χ3v) is 7.34. The van der Waals surface area contributed by atoms with Crippen LogP contribution in [0.4, 0.5) is 11.4 Å².